The van der Waals surface area contributed by atoms with Gasteiger partial charge >= 0.3 is 6.03 Å². The van der Waals surface area contributed by atoms with Crippen molar-refractivity contribution >= 4 is 28.5 Å². The first-order valence-corrected chi connectivity index (χ1v) is 10.6. The number of hydrogen-bond acceptors (Lipinski definition) is 2. The molecule has 6 nitrogen and oxygen atoms in total. The Morgan fingerprint density at radius 3 is 2.47 bits per heavy atom. The highest BCUT2D eigenvalue weighted by Gasteiger charge is 2.40. The number of fused-ring (bicyclic) bond motifs is 1. The zero-order valence-electron chi connectivity index (χ0n) is 17.0. The number of amides is 3. The van der Waals surface area contributed by atoms with Gasteiger partial charge in [0, 0.05) is 29.3 Å². The zero-order chi connectivity index (χ0) is 20.8. The summed E-state index contributed by atoms with van der Waals surface area (Å²) in [6.45, 7) is 0.504. The summed E-state index contributed by atoms with van der Waals surface area (Å²) in [6, 6.07) is 17.2. The van der Waals surface area contributed by atoms with Crippen molar-refractivity contribution in [2.45, 2.75) is 44.1 Å². The van der Waals surface area contributed by atoms with E-state index in [4.69, 9.17) is 0 Å². The number of urea groups is 1. The molecule has 1 fully saturated rings. The van der Waals surface area contributed by atoms with Gasteiger partial charge in [-0.05, 0) is 43.0 Å². The minimum atomic E-state index is -0.862. The third-order valence-corrected chi connectivity index (χ3v) is 5.88. The molecule has 0 saturated heterocycles. The van der Waals surface area contributed by atoms with Crippen LogP contribution >= 0.6 is 0 Å². The summed E-state index contributed by atoms with van der Waals surface area (Å²) >= 11 is 0. The van der Waals surface area contributed by atoms with Crippen LogP contribution in [0.2, 0.25) is 0 Å². The molecule has 30 heavy (non-hydrogen) atoms. The number of carbonyl (C=O) groups excluding carboxylic acids is 2. The molecule has 1 saturated carbocycles. The normalized spacial score (nSPS) is 15.5. The maximum absolute atomic E-state index is 13.1. The molecule has 6 heteroatoms. The Hall–Kier alpha value is -3.28. The average molecular weight is 405 g/mol. The number of benzene rings is 2. The standard InChI is InChI=1S/C24H28N4O2/c29-22(27-19-9-3-1-4-10-19)24(14-7-2-8-15-24)28-23(30)25-16-13-18-17-26-21-12-6-5-11-20(18)21/h1,3-6,9-12,17,26H,2,7-8,13-16H2,(H,27,29)(H2,25,28,30). The number of para-hydroxylation sites is 2. The Morgan fingerprint density at radius 1 is 0.933 bits per heavy atom. The highest BCUT2D eigenvalue weighted by molar-refractivity contribution is 6.00. The van der Waals surface area contributed by atoms with Gasteiger partial charge in [0.25, 0.3) is 0 Å². The van der Waals surface area contributed by atoms with E-state index in [1.807, 2.05) is 54.7 Å². The molecule has 1 heterocycles. The summed E-state index contributed by atoms with van der Waals surface area (Å²) in [5, 5.41) is 10.1. The molecule has 3 aromatic rings. The lowest BCUT2D eigenvalue weighted by molar-refractivity contribution is -0.123. The van der Waals surface area contributed by atoms with Crippen LogP contribution in [0.5, 0.6) is 0 Å². The molecular formula is C24H28N4O2. The van der Waals surface area contributed by atoms with Gasteiger partial charge in [-0.15, -0.1) is 0 Å². The number of carbonyl (C=O) groups is 2. The van der Waals surface area contributed by atoms with Gasteiger partial charge in [0.05, 0.1) is 0 Å². The van der Waals surface area contributed by atoms with Gasteiger partial charge in [-0.2, -0.15) is 0 Å². The summed E-state index contributed by atoms with van der Waals surface area (Å²) in [6.07, 6.45) is 6.96. The highest BCUT2D eigenvalue weighted by atomic mass is 16.2. The largest absolute Gasteiger partial charge is 0.361 e. The van der Waals surface area contributed by atoms with Crippen molar-refractivity contribution in [1.29, 1.82) is 0 Å². The van der Waals surface area contributed by atoms with Gasteiger partial charge in [0.15, 0.2) is 0 Å². The van der Waals surface area contributed by atoms with E-state index < -0.39 is 5.54 Å². The fourth-order valence-electron chi connectivity index (χ4n) is 4.25. The lowest BCUT2D eigenvalue weighted by Gasteiger charge is -2.36. The molecule has 1 aliphatic carbocycles. The van der Waals surface area contributed by atoms with E-state index in [-0.39, 0.29) is 11.9 Å². The summed E-state index contributed by atoms with van der Waals surface area (Å²) in [5.74, 6) is -0.139. The molecule has 2 aromatic carbocycles. The van der Waals surface area contributed by atoms with E-state index >= 15 is 0 Å². The lowest BCUT2D eigenvalue weighted by atomic mass is 9.81. The van der Waals surface area contributed by atoms with Crippen LogP contribution in [0.25, 0.3) is 10.9 Å². The predicted molar refractivity (Wildman–Crippen MR) is 119 cm³/mol. The molecule has 0 aliphatic heterocycles. The number of aromatic nitrogens is 1. The summed E-state index contributed by atoms with van der Waals surface area (Å²) < 4.78 is 0. The van der Waals surface area contributed by atoms with Crippen molar-refractivity contribution < 1.29 is 9.59 Å². The fraction of sp³-hybridized carbons (Fsp3) is 0.333. The van der Waals surface area contributed by atoms with Gasteiger partial charge in [0.2, 0.25) is 5.91 Å². The second-order valence-corrected chi connectivity index (χ2v) is 7.95. The first kappa shape index (κ1) is 20.0. The summed E-state index contributed by atoms with van der Waals surface area (Å²) in [4.78, 5) is 29.0. The number of H-pyrrole nitrogens is 1. The molecule has 156 valence electrons. The molecule has 4 N–H and O–H groups in total. The number of aromatic amines is 1. The van der Waals surface area contributed by atoms with Crippen LogP contribution < -0.4 is 16.0 Å². The van der Waals surface area contributed by atoms with Crippen LogP contribution in [0.1, 0.15) is 37.7 Å². The van der Waals surface area contributed by atoms with Crippen LogP contribution in [0.3, 0.4) is 0 Å². The number of hydrogen-bond donors (Lipinski definition) is 4. The monoisotopic (exact) mass is 404 g/mol. The van der Waals surface area contributed by atoms with Crippen LogP contribution in [-0.2, 0) is 11.2 Å². The third-order valence-electron chi connectivity index (χ3n) is 5.88. The molecule has 1 aliphatic rings. The van der Waals surface area contributed by atoms with Crippen LogP contribution in [0.4, 0.5) is 10.5 Å². The second kappa shape index (κ2) is 9.03. The Balaban J connectivity index is 1.36. The molecule has 0 atom stereocenters. The first-order valence-electron chi connectivity index (χ1n) is 10.6. The first-order chi connectivity index (χ1) is 14.7. The van der Waals surface area contributed by atoms with Crippen molar-refractivity contribution in [2.75, 3.05) is 11.9 Å². The molecule has 0 unspecified atom stereocenters. The van der Waals surface area contributed by atoms with Crippen LogP contribution in [0.15, 0.2) is 60.8 Å². The second-order valence-electron chi connectivity index (χ2n) is 7.95. The van der Waals surface area contributed by atoms with Gasteiger partial charge in [-0.3, -0.25) is 4.79 Å². The highest BCUT2D eigenvalue weighted by Crippen LogP contribution is 2.29. The smallest absolute Gasteiger partial charge is 0.315 e. The zero-order valence-corrected chi connectivity index (χ0v) is 17.0. The fourth-order valence-corrected chi connectivity index (χ4v) is 4.25. The topological polar surface area (TPSA) is 86.0 Å². The SMILES string of the molecule is O=C(NCCc1c[nH]c2ccccc12)NC1(C(=O)Nc2ccccc2)CCCCC1. The van der Waals surface area contributed by atoms with E-state index in [2.05, 4.69) is 27.0 Å². The third kappa shape index (κ3) is 4.48. The lowest BCUT2D eigenvalue weighted by Crippen LogP contribution is -2.60. The summed E-state index contributed by atoms with van der Waals surface area (Å²) in [7, 11) is 0. The Morgan fingerprint density at radius 2 is 1.67 bits per heavy atom. The van der Waals surface area contributed by atoms with Gasteiger partial charge < -0.3 is 20.9 Å². The van der Waals surface area contributed by atoms with E-state index in [0.717, 1.165) is 36.9 Å². The van der Waals surface area contributed by atoms with Gasteiger partial charge in [-0.1, -0.05) is 55.7 Å². The molecular weight excluding hydrogens is 376 g/mol. The quantitative estimate of drug-likeness (QED) is 0.492. The Labute approximate surface area is 176 Å². The van der Waals surface area contributed by atoms with E-state index in [9.17, 15) is 9.59 Å². The van der Waals surface area contributed by atoms with Crippen LogP contribution in [-0.4, -0.2) is 29.0 Å². The Bertz CT molecular complexity index is 1010. The van der Waals surface area contributed by atoms with Gasteiger partial charge in [0.1, 0.15) is 5.54 Å². The molecule has 4 rings (SSSR count). The number of nitrogens with one attached hydrogen (secondary N) is 4. The molecule has 0 bridgehead atoms. The van der Waals surface area contributed by atoms with Crippen molar-refractivity contribution in [1.82, 2.24) is 15.6 Å². The maximum atomic E-state index is 13.1. The molecule has 0 spiro atoms. The minimum Gasteiger partial charge on any atom is -0.361 e. The molecule has 1 aromatic heterocycles. The van der Waals surface area contributed by atoms with Crippen molar-refractivity contribution in [3.05, 3.63) is 66.4 Å². The van der Waals surface area contributed by atoms with Crippen molar-refractivity contribution in [3.63, 3.8) is 0 Å². The van der Waals surface area contributed by atoms with E-state index in [0.29, 0.717) is 19.4 Å². The van der Waals surface area contributed by atoms with E-state index in [1.54, 1.807) is 0 Å². The maximum Gasteiger partial charge on any atom is 0.315 e. The van der Waals surface area contributed by atoms with Gasteiger partial charge in [-0.25, -0.2) is 4.79 Å². The van der Waals surface area contributed by atoms with E-state index in [1.165, 1.54) is 10.9 Å². The average Bonchev–Trinajstić information content (AvgIpc) is 3.18. The number of anilines is 1. The predicted octanol–water partition coefficient (Wildman–Crippen LogP) is 4.35. The van der Waals surface area contributed by atoms with Crippen molar-refractivity contribution in [3.8, 4) is 0 Å². The minimum absolute atomic E-state index is 0.139. The molecule has 3 amide bonds. The molecule has 0 radical (unpaired) electrons. The van der Waals surface area contributed by atoms with Crippen molar-refractivity contribution in [2.24, 2.45) is 0 Å². The van der Waals surface area contributed by atoms with Crippen LogP contribution in [0, 0.1) is 0 Å². The Kier molecular flexibility index (Phi) is 6.02. The summed E-state index contributed by atoms with van der Waals surface area (Å²) in [5.41, 5.74) is 2.14. The number of rotatable bonds is 6.